The fraction of sp³-hybridized carbons (Fsp3) is 0.609. The van der Waals surface area contributed by atoms with Crippen LogP contribution in [0.2, 0.25) is 5.02 Å². The SMILES string of the molecule is Cn1nc(C2CCN(CC(=O)N3CCN(c4ccc(Cl)cc4)CC3)CC2)n(C2CC2)c1=O. The highest BCUT2D eigenvalue weighted by atomic mass is 35.5. The number of nitrogens with zero attached hydrogens (tertiary/aromatic N) is 6. The first-order chi connectivity index (χ1) is 15.5. The molecule has 3 fully saturated rings. The minimum Gasteiger partial charge on any atom is -0.368 e. The van der Waals surface area contributed by atoms with Gasteiger partial charge in [-0.15, -0.1) is 0 Å². The lowest BCUT2D eigenvalue weighted by Crippen LogP contribution is -2.52. The van der Waals surface area contributed by atoms with E-state index < -0.39 is 0 Å². The standard InChI is InChI=1S/C23H31ClN6O2/c1-26-23(32)30(20-6-7-20)22(25-26)17-8-10-27(11-9-17)16-21(31)29-14-12-28(13-15-29)19-4-2-18(24)3-5-19/h2-5,17,20H,6-16H2,1H3. The molecule has 0 radical (unpaired) electrons. The highest BCUT2D eigenvalue weighted by Crippen LogP contribution is 2.37. The van der Waals surface area contributed by atoms with E-state index in [1.165, 1.54) is 4.68 Å². The lowest BCUT2D eigenvalue weighted by molar-refractivity contribution is -0.133. The van der Waals surface area contributed by atoms with Gasteiger partial charge in [0.2, 0.25) is 5.91 Å². The van der Waals surface area contributed by atoms with E-state index in [9.17, 15) is 9.59 Å². The molecule has 172 valence electrons. The number of amides is 1. The molecule has 8 nitrogen and oxygen atoms in total. The van der Waals surface area contributed by atoms with Crippen LogP contribution in [0.15, 0.2) is 29.1 Å². The van der Waals surface area contributed by atoms with Crippen molar-refractivity contribution in [3.8, 4) is 0 Å². The lowest BCUT2D eigenvalue weighted by atomic mass is 9.96. The van der Waals surface area contributed by atoms with Crippen LogP contribution in [0.25, 0.3) is 0 Å². The topological polar surface area (TPSA) is 66.6 Å². The summed E-state index contributed by atoms with van der Waals surface area (Å²) in [6.45, 7) is 5.40. The Morgan fingerprint density at radius 1 is 1.00 bits per heavy atom. The van der Waals surface area contributed by atoms with Gasteiger partial charge in [-0.2, -0.15) is 5.10 Å². The molecule has 3 heterocycles. The molecule has 32 heavy (non-hydrogen) atoms. The average molecular weight is 459 g/mol. The van der Waals surface area contributed by atoms with Crippen molar-refractivity contribution in [2.45, 2.75) is 37.6 Å². The Hall–Kier alpha value is -2.32. The van der Waals surface area contributed by atoms with E-state index in [1.807, 2.05) is 33.7 Å². The van der Waals surface area contributed by atoms with Crippen molar-refractivity contribution in [3.05, 3.63) is 45.6 Å². The summed E-state index contributed by atoms with van der Waals surface area (Å²) in [4.78, 5) is 31.9. The molecule has 1 amide bonds. The van der Waals surface area contributed by atoms with Gasteiger partial charge >= 0.3 is 5.69 Å². The molecule has 1 aromatic carbocycles. The maximum atomic E-state index is 12.9. The van der Waals surface area contributed by atoms with Crippen molar-refractivity contribution >= 4 is 23.2 Å². The third-order valence-corrected chi connectivity index (χ3v) is 7.28. The largest absolute Gasteiger partial charge is 0.368 e. The van der Waals surface area contributed by atoms with Crippen molar-refractivity contribution in [1.29, 1.82) is 0 Å². The van der Waals surface area contributed by atoms with Gasteiger partial charge in [0.15, 0.2) is 0 Å². The number of hydrogen-bond acceptors (Lipinski definition) is 5. The number of likely N-dealkylation sites (tertiary alicyclic amines) is 1. The molecule has 0 spiro atoms. The molecule has 2 aromatic rings. The molecular formula is C23H31ClN6O2. The molecule has 2 aliphatic heterocycles. The molecule has 0 unspecified atom stereocenters. The number of aryl methyl sites for hydroxylation is 1. The summed E-state index contributed by atoms with van der Waals surface area (Å²) in [7, 11) is 1.74. The summed E-state index contributed by atoms with van der Waals surface area (Å²) in [6.07, 6.45) is 4.05. The summed E-state index contributed by atoms with van der Waals surface area (Å²) >= 11 is 5.99. The van der Waals surface area contributed by atoms with Gasteiger partial charge in [0.05, 0.1) is 6.54 Å². The molecule has 0 N–H and O–H groups in total. The van der Waals surface area contributed by atoms with E-state index >= 15 is 0 Å². The zero-order chi connectivity index (χ0) is 22.2. The molecule has 3 aliphatic rings. The predicted molar refractivity (Wildman–Crippen MR) is 124 cm³/mol. The Kier molecular flexibility index (Phi) is 5.99. The van der Waals surface area contributed by atoms with Crippen LogP contribution in [0, 0.1) is 0 Å². The number of carbonyl (C=O) groups excluding carboxylic acids is 1. The van der Waals surface area contributed by atoms with Crippen LogP contribution in [0.1, 0.15) is 43.5 Å². The zero-order valence-electron chi connectivity index (χ0n) is 18.6. The van der Waals surface area contributed by atoms with Gasteiger partial charge in [-0.3, -0.25) is 14.3 Å². The Bertz CT molecular complexity index is 1010. The van der Waals surface area contributed by atoms with Gasteiger partial charge in [0.25, 0.3) is 0 Å². The number of benzene rings is 1. The second-order valence-corrected chi connectivity index (χ2v) is 9.70. The molecule has 1 saturated carbocycles. The van der Waals surface area contributed by atoms with Crippen LogP contribution in [-0.4, -0.2) is 75.9 Å². The number of aromatic nitrogens is 3. The van der Waals surface area contributed by atoms with Crippen LogP contribution >= 0.6 is 11.6 Å². The van der Waals surface area contributed by atoms with Crippen molar-refractivity contribution < 1.29 is 4.79 Å². The van der Waals surface area contributed by atoms with E-state index in [0.29, 0.717) is 18.5 Å². The van der Waals surface area contributed by atoms with Crippen LogP contribution in [0.4, 0.5) is 5.69 Å². The fourth-order valence-corrected chi connectivity index (χ4v) is 5.09. The van der Waals surface area contributed by atoms with Crippen LogP contribution in [0.5, 0.6) is 0 Å². The van der Waals surface area contributed by atoms with Gasteiger partial charge in [0.1, 0.15) is 5.82 Å². The summed E-state index contributed by atoms with van der Waals surface area (Å²) in [5, 5.41) is 5.29. The zero-order valence-corrected chi connectivity index (χ0v) is 19.4. The van der Waals surface area contributed by atoms with E-state index in [-0.39, 0.29) is 11.6 Å². The van der Waals surface area contributed by atoms with Crippen molar-refractivity contribution in [1.82, 2.24) is 24.1 Å². The maximum absolute atomic E-state index is 12.9. The summed E-state index contributed by atoms with van der Waals surface area (Å²) in [5.41, 5.74) is 1.17. The minimum atomic E-state index is 0.0119. The van der Waals surface area contributed by atoms with Gasteiger partial charge in [-0.1, -0.05) is 11.6 Å². The monoisotopic (exact) mass is 458 g/mol. The molecule has 0 atom stereocenters. The van der Waals surface area contributed by atoms with E-state index in [2.05, 4.69) is 14.9 Å². The molecule has 9 heteroatoms. The Balaban J connectivity index is 1.11. The van der Waals surface area contributed by atoms with Gasteiger partial charge < -0.3 is 9.80 Å². The van der Waals surface area contributed by atoms with Gasteiger partial charge in [0, 0.05) is 55.9 Å². The second-order valence-electron chi connectivity index (χ2n) is 9.26. The normalized spacial score (nSPS) is 20.7. The number of piperazine rings is 1. The molecule has 1 aliphatic carbocycles. The number of carbonyl (C=O) groups is 1. The van der Waals surface area contributed by atoms with E-state index in [0.717, 1.165) is 81.5 Å². The summed E-state index contributed by atoms with van der Waals surface area (Å²) < 4.78 is 3.40. The first kappa shape index (κ1) is 21.5. The van der Waals surface area contributed by atoms with Gasteiger partial charge in [-0.05, 0) is 63.0 Å². The number of anilines is 1. The highest BCUT2D eigenvalue weighted by molar-refractivity contribution is 6.30. The minimum absolute atomic E-state index is 0.0119. The average Bonchev–Trinajstić information content (AvgIpc) is 3.60. The molecule has 2 saturated heterocycles. The molecule has 0 bridgehead atoms. The van der Waals surface area contributed by atoms with Crippen LogP contribution < -0.4 is 10.6 Å². The highest BCUT2D eigenvalue weighted by Gasteiger charge is 2.34. The van der Waals surface area contributed by atoms with E-state index in [1.54, 1.807) is 7.05 Å². The quantitative estimate of drug-likeness (QED) is 0.686. The van der Waals surface area contributed by atoms with Crippen LogP contribution in [-0.2, 0) is 11.8 Å². The van der Waals surface area contributed by atoms with Crippen molar-refractivity contribution in [2.75, 3.05) is 50.7 Å². The maximum Gasteiger partial charge on any atom is 0.345 e. The first-order valence-corrected chi connectivity index (χ1v) is 12.0. The lowest BCUT2D eigenvalue weighted by Gasteiger charge is -2.38. The Morgan fingerprint density at radius 2 is 1.66 bits per heavy atom. The fourth-order valence-electron chi connectivity index (χ4n) is 4.96. The molecular weight excluding hydrogens is 428 g/mol. The van der Waals surface area contributed by atoms with Crippen LogP contribution in [0.3, 0.4) is 0 Å². The number of piperidine rings is 1. The van der Waals surface area contributed by atoms with Crippen molar-refractivity contribution in [2.24, 2.45) is 7.05 Å². The van der Waals surface area contributed by atoms with E-state index in [4.69, 9.17) is 11.6 Å². The third kappa shape index (κ3) is 4.43. The smallest absolute Gasteiger partial charge is 0.345 e. The molecule has 5 rings (SSSR count). The first-order valence-electron chi connectivity index (χ1n) is 11.7. The predicted octanol–water partition coefficient (Wildman–Crippen LogP) is 2.10. The Morgan fingerprint density at radius 3 is 2.28 bits per heavy atom. The third-order valence-electron chi connectivity index (χ3n) is 7.03. The van der Waals surface area contributed by atoms with Crippen molar-refractivity contribution in [3.63, 3.8) is 0 Å². The second kappa shape index (κ2) is 8.90. The Labute approximate surface area is 193 Å². The summed E-state index contributed by atoms with van der Waals surface area (Å²) in [5.74, 6) is 1.47. The summed E-state index contributed by atoms with van der Waals surface area (Å²) in [6, 6.07) is 8.24. The van der Waals surface area contributed by atoms with Gasteiger partial charge in [-0.25, -0.2) is 9.48 Å². The molecule has 1 aromatic heterocycles. The number of halogens is 1. The number of hydrogen-bond donors (Lipinski definition) is 0. The number of rotatable bonds is 5.